The average molecular weight is 272 g/mol. The number of carbonyl (C=O) groups is 1. The molecule has 104 valence electrons. The van der Waals surface area contributed by atoms with Crippen molar-refractivity contribution in [2.75, 3.05) is 11.1 Å². The number of ketones is 1. The predicted octanol–water partition coefficient (Wildman–Crippen LogP) is 3.46. The summed E-state index contributed by atoms with van der Waals surface area (Å²) in [6.45, 7) is 4.02. The van der Waals surface area contributed by atoms with Gasteiger partial charge in [0.25, 0.3) is 0 Å². The van der Waals surface area contributed by atoms with Crippen molar-refractivity contribution in [3.8, 4) is 0 Å². The molecule has 2 rings (SSSR count). The van der Waals surface area contributed by atoms with Crippen molar-refractivity contribution >= 4 is 17.2 Å². The van der Waals surface area contributed by atoms with Crippen LogP contribution >= 0.6 is 0 Å². The van der Waals surface area contributed by atoms with Gasteiger partial charge in [-0.25, -0.2) is 4.39 Å². The Balaban J connectivity index is 2.27. The second-order valence-corrected chi connectivity index (χ2v) is 4.94. The molecule has 0 heterocycles. The molecule has 3 N–H and O–H groups in total. The summed E-state index contributed by atoms with van der Waals surface area (Å²) in [5.41, 5.74) is 8.19. The van der Waals surface area contributed by atoms with E-state index < -0.39 is 0 Å². The molecule has 0 aromatic heterocycles. The Morgan fingerprint density at radius 1 is 1.10 bits per heavy atom. The first kappa shape index (κ1) is 14.1. The van der Waals surface area contributed by atoms with Gasteiger partial charge in [0.15, 0.2) is 5.78 Å². The van der Waals surface area contributed by atoms with Crippen LogP contribution in [0.5, 0.6) is 0 Å². The second-order valence-electron chi connectivity index (χ2n) is 4.94. The third-order valence-corrected chi connectivity index (χ3v) is 2.86. The Labute approximate surface area is 117 Å². The zero-order valence-electron chi connectivity index (χ0n) is 11.5. The summed E-state index contributed by atoms with van der Waals surface area (Å²) in [5.74, 6) is -0.537. The summed E-state index contributed by atoms with van der Waals surface area (Å²) in [6.07, 6.45) is 0. The molecular weight excluding hydrogens is 255 g/mol. The molecule has 0 fully saturated rings. The lowest BCUT2D eigenvalue weighted by molar-refractivity contribution is 0.103. The van der Waals surface area contributed by atoms with Crippen molar-refractivity contribution in [2.45, 2.75) is 19.9 Å². The average Bonchev–Trinajstić information content (AvgIpc) is 2.41. The minimum absolute atomic E-state index is 0.173. The molecule has 0 spiro atoms. The Hall–Kier alpha value is -2.36. The summed E-state index contributed by atoms with van der Waals surface area (Å²) >= 11 is 0. The summed E-state index contributed by atoms with van der Waals surface area (Å²) < 4.78 is 12.9. The highest BCUT2D eigenvalue weighted by atomic mass is 19.1. The summed E-state index contributed by atoms with van der Waals surface area (Å²) in [7, 11) is 0. The van der Waals surface area contributed by atoms with Gasteiger partial charge in [-0.05, 0) is 56.3 Å². The number of hydrogen-bond donors (Lipinski definition) is 2. The molecule has 0 amide bonds. The van der Waals surface area contributed by atoms with E-state index in [1.807, 2.05) is 13.8 Å². The normalized spacial score (nSPS) is 10.6. The maximum absolute atomic E-state index is 12.9. The molecule has 3 nitrogen and oxygen atoms in total. The number of rotatable bonds is 4. The molecule has 0 saturated heterocycles. The number of carbonyl (C=O) groups excluding carboxylic acids is 1. The van der Waals surface area contributed by atoms with Crippen LogP contribution in [-0.2, 0) is 0 Å². The molecule has 0 aliphatic carbocycles. The van der Waals surface area contributed by atoms with Gasteiger partial charge >= 0.3 is 0 Å². The van der Waals surface area contributed by atoms with Gasteiger partial charge in [0, 0.05) is 17.2 Å². The monoisotopic (exact) mass is 272 g/mol. The number of anilines is 2. The fourth-order valence-corrected chi connectivity index (χ4v) is 1.91. The molecule has 4 heteroatoms. The van der Waals surface area contributed by atoms with E-state index in [1.54, 1.807) is 18.2 Å². The van der Waals surface area contributed by atoms with Crippen molar-refractivity contribution < 1.29 is 9.18 Å². The van der Waals surface area contributed by atoms with Gasteiger partial charge in [0.2, 0.25) is 0 Å². The van der Waals surface area contributed by atoms with Crippen LogP contribution in [0.3, 0.4) is 0 Å². The fourth-order valence-electron chi connectivity index (χ4n) is 1.91. The zero-order chi connectivity index (χ0) is 14.7. The second kappa shape index (κ2) is 5.74. The lowest BCUT2D eigenvalue weighted by Gasteiger charge is -2.13. The van der Waals surface area contributed by atoms with E-state index in [2.05, 4.69) is 5.32 Å². The number of nitrogens with one attached hydrogen (secondary N) is 1. The Morgan fingerprint density at radius 3 is 2.25 bits per heavy atom. The standard InChI is InChI=1S/C16H17FN2O/c1-10(2)19-15-8-5-12(9-14(15)18)16(20)11-3-6-13(17)7-4-11/h3-10,19H,18H2,1-2H3. The zero-order valence-corrected chi connectivity index (χ0v) is 11.5. The number of hydrogen-bond acceptors (Lipinski definition) is 3. The maximum Gasteiger partial charge on any atom is 0.193 e. The molecule has 0 bridgehead atoms. The third kappa shape index (κ3) is 3.15. The van der Waals surface area contributed by atoms with Crippen LogP contribution in [0, 0.1) is 5.82 Å². The topological polar surface area (TPSA) is 55.1 Å². The molecular formula is C16H17FN2O. The Morgan fingerprint density at radius 2 is 1.70 bits per heavy atom. The third-order valence-electron chi connectivity index (χ3n) is 2.86. The van der Waals surface area contributed by atoms with Crippen molar-refractivity contribution in [1.82, 2.24) is 0 Å². The molecule has 0 atom stereocenters. The smallest absolute Gasteiger partial charge is 0.193 e. The largest absolute Gasteiger partial charge is 0.397 e. The summed E-state index contributed by atoms with van der Waals surface area (Å²) in [5, 5.41) is 3.20. The van der Waals surface area contributed by atoms with Crippen LogP contribution in [-0.4, -0.2) is 11.8 Å². The molecule has 0 aliphatic rings. The highest BCUT2D eigenvalue weighted by Crippen LogP contribution is 2.22. The van der Waals surface area contributed by atoms with E-state index in [0.29, 0.717) is 16.8 Å². The molecule has 0 saturated carbocycles. The molecule has 2 aromatic carbocycles. The molecule has 2 aromatic rings. The van der Waals surface area contributed by atoms with Gasteiger partial charge in [-0.2, -0.15) is 0 Å². The van der Waals surface area contributed by atoms with Crippen LogP contribution in [0.1, 0.15) is 29.8 Å². The number of benzene rings is 2. The minimum atomic E-state index is -0.363. The van der Waals surface area contributed by atoms with Gasteiger partial charge in [0.05, 0.1) is 11.4 Å². The van der Waals surface area contributed by atoms with E-state index in [0.717, 1.165) is 5.69 Å². The molecule has 0 radical (unpaired) electrons. The van der Waals surface area contributed by atoms with Crippen LogP contribution in [0.2, 0.25) is 0 Å². The van der Waals surface area contributed by atoms with Gasteiger partial charge < -0.3 is 11.1 Å². The van der Waals surface area contributed by atoms with E-state index >= 15 is 0 Å². The highest BCUT2D eigenvalue weighted by Gasteiger charge is 2.11. The maximum atomic E-state index is 12.9. The minimum Gasteiger partial charge on any atom is -0.397 e. The number of halogens is 1. The highest BCUT2D eigenvalue weighted by molar-refractivity contribution is 6.09. The van der Waals surface area contributed by atoms with Crippen LogP contribution in [0.15, 0.2) is 42.5 Å². The fraction of sp³-hybridized carbons (Fsp3) is 0.188. The lowest BCUT2D eigenvalue weighted by atomic mass is 10.0. The summed E-state index contributed by atoms with van der Waals surface area (Å²) in [6, 6.07) is 10.9. The first-order valence-corrected chi connectivity index (χ1v) is 6.43. The predicted molar refractivity (Wildman–Crippen MR) is 79.4 cm³/mol. The Kier molecular flexibility index (Phi) is 4.03. The first-order valence-electron chi connectivity index (χ1n) is 6.43. The number of nitrogen functional groups attached to an aromatic ring is 1. The molecule has 20 heavy (non-hydrogen) atoms. The molecule has 0 aliphatic heterocycles. The summed E-state index contributed by atoms with van der Waals surface area (Å²) in [4.78, 5) is 12.2. The van der Waals surface area contributed by atoms with Gasteiger partial charge in [-0.15, -0.1) is 0 Å². The number of nitrogens with two attached hydrogens (primary N) is 1. The van der Waals surface area contributed by atoms with Crippen LogP contribution in [0.4, 0.5) is 15.8 Å². The van der Waals surface area contributed by atoms with E-state index in [4.69, 9.17) is 5.73 Å². The van der Waals surface area contributed by atoms with Crippen molar-refractivity contribution in [1.29, 1.82) is 0 Å². The van der Waals surface area contributed by atoms with E-state index in [9.17, 15) is 9.18 Å². The van der Waals surface area contributed by atoms with Gasteiger partial charge in [0.1, 0.15) is 5.82 Å². The first-order chi connectivity index (χ1) is 9.47. The van der Waals surface area contributed by atoms with Crippen molar-refractivity contribution in [2.24, 2.45) is 0 Å². The quantitative estimate of drug-likeness (QED) is 0.662. The van der Waals surface area contributed by atoms with Crippen LogP contribution < -0.4 is 11.1 Å². The van der Waals surface area contributed by atoms with E-state index in [-0.39, 0.29) is 17.6 Å². The van der Waals surface area contributed by atoms with Crippen molar-refractivity contribution in [3.63, 3.8) is 0 Å². The molecule has 0 unspecified atom stereocenters. The Bertz CT molecular complexity index is 621. The van der Waals surface area contributed by atoms with Crippen LogP contribution in [0.25, 0.3) is 0 Å². The lowest BCUT2D eigenvalue weighted by Crippen LogP contribution is -2.12. The van der Waals surface area contributed by atoms with Crippen molar-refractivity contribution in [3.05, 3.63) is 59.4 Å². The van der Waals surface area contributed by atoms with Gasteiger partial charge in [-0.1, -0.05) is 0 Å². The van der Waals surface area contributed by atoms with E-state index in [1.165, 1.54) is 24.3 Å². The van der Waals surface area contributed by atoms with Gasteiger partial charge in [-0.3, -0.25) is 4.79 Å². The SMILES string of the molecule is CC(C)Nc1ccc(C(=O)c2ccc(F)cc2)cc1N.